The summed E-state index contributed by atoms with van der Waals surface area (Å²) in [6, 6.07) is 4.67. The number of alkyl carbamates (subject to hydrolysis) is 1. The van der Waals surface area contributed by atoms with Crippen LogP contribution in [0.2, 0.25) is 0 Å². The Bertz CT molecular complexity index is 1840. The van der Waals surface area contributed by atoms with Gasteiger partial charge in [0.15, 0.2) is 23.3 Å². The average molecular weight is 676 g/mol. The molecule has 10 nitrogen and oxygen atoms in total. The molecule has 0 saturated carbocycles. The van der Waals surface area contributed by atoms with E-state index in [1.165, 1.54) is 18.2 Å². The number of piperidine rings is 1. The van der Waals surface area contributed by atoms with Crippen molar-refractivity contribution in [2.24, 2.45) is 0 Å². The van der Waals surface area contributed by atoms with Gasteiger partial charge in [-0.05, 0) is 69.9 Å². The standard InChI is InChI=1S/C32H33F4N5O5S/c1-32(2,3)46-31(44)37-17-5-4-9-40(14-17)30(43)25-13-18(16-6-7-20(33)21(34)11-16)29(47-25)19-12-22-28(27(36)26(19)35)41(39-38-22)23-15-45-10-8-24(23)42/h6-7,11-13,17,23-24,42H,4-5,8-10,14-15H2,1-3H3,(H,37,44)/t17-,23+,24+/m1/s1. The molecule has 2 N–H and O–H groups in total. The molecule has 0 unspecified atom stereocenters. The van der Waals surface area contributed by atoms with Crippen LogP contribution in [0.3, 0.4) is 0 Å². The summed E-state index contributed by atoms with van der Waals surface area (Å²) in [5.41, 5.74) is -0.909. The number of aliphatic hydroxyl groups excluding tert-OH is 1. The molecule has 2 aliphatic heterocycles. The van der Waals surface area contributed by atoms with E-state index in [0.717, 1.165) is 28.2 Å². The highest BCUT2D eigenvalue weighted by molar-refractivity contribution is 7.18. The number of fused-ring (bicyclic) bond motifs is 1. The molecule has 2 saturated heterocycles. The monoisotopic (exact) mass is 675 g/mol. The van der Waals surface area contributed by atoms with Crippen molar-refractivity contribution < 1.29 is 41.7 Å². The number of aliphatic hydroxyl groups is 1. The number of rotatable bonds is 5. The van der Waals surface area contributed by atoms with Gasteiger partial charge in [-0.3, -0.25) is 4.79 Å². The molecule has 2 fully saturated rings. The van der Waals surface area contributed by atoms with Gasteiger partial charge in [0.2, 0.25) is 0 Å². The van der Waals surface area contributed by atoms with E-state index < -0.39 is 53.0 Å². The van der Waals surface area contributed by atoms with E-state index in [4.69, 9.17) is 9.47 Å². The van der Waals surface area contributed by atoms with Crippen molar-refractivity contribution in [1.29, 1.82) is 0 Å². The highest BCUT2D eigenvalue weighted by Crippen LogP contribution is 2.43. The number of aromatic nitrogens is 3. The first-order valence-corrected chi connectivity index (χ1v) is 16.0. The van der Waals surface area contributed by atoms with Crippen LogP contribution in [0.15, 0.2) is 30.3 Å². The van der Waals surface area contributed by atoms with Crippen molar-refractivity contribution in [3.63, 3.8) is 0 Å². The predicted octanol–water partition coefficient (Wildman–Crippen LogP) is 5.83. The Balaban J connectivity index is 1.38. The van der Waals surface area contributed by atoms with Crippen molar-refractivity contribution >= 4 is 34.4 Å². The molecule has 0 aliphatic carbocycles. The summed E-state index contributed by atoms with van der Waals surface area (Å²) in [5, 5.41) is 21.3. The number of halogens is 4. The number of hydrogen-bond acceptors (Lipinski definition) is 8. The van der Waals surface area contributed by atoms with Crippen LogP contribution < -0.4 is 5.32 Å². The van der Waals surface area contributed by atoms with E-state index in [2.05, 4.69) is 15.6 Å². The van der Waals surface area contributed by atoms with E-state index in [9.17, 15) is 23.5 Å². The molecule has 4 heterocycles. The molecular weight excluding hydrogens is 642 g/mol. The maximum atomic E-state index is 16.0. The maximum absolute atomic E-state index is 16.0. The molecule has 47 heavy (non-hydrogen) atoms. The van der Waals surface area contributed by atoms with E-state index in [-0.39, 0.29) is 63.1 Å². The lowest BCUT2D eigenvalue weighted by molar-refractivity contribution is -0.0322. The second kappa shape index (κ2) is 12.8. The smallest absolute Gasteiger partial charge is 0.407 e. The summed E-state index contributed by atoms with van der Waals surface area (Å²) in [6.07, 6.45) is -0.0184. The number of nitrogens with zero attached hydrogens (tertiary/aromatic N) is 4. The molecule has 15 heteroatoms. The number of hydrogen-bond donors (Lipinski definition) is 2. The summed E-state index contributed by atoms with van der Waals surface area (Å²) in [6.45, 7) is 6.14. The summed E-state index contributed by atoms with van der Waals surface area (Å²) < 4.78 is 72.0. The van der Waals surface area contributed by atoms with Gasteiger partial charge in [-0.1, -0.05) is 11.3 Å². The molecule has 0 spiro atoms. The molecule has 2 aromatic carbocycles. The van der Waals surface area contributed by atoms with Crippen LogP contribution >= 0.6 is 11.3 Å². The quantitative estimate of drug-likeness (QED) is 0.256. The molecule has 0 bridgehead atoms. The average Bonchev–Trinajstić information content (AvgIpc) is 3.64. The third kappa shape index (κ3) is 6.69. The fourth-order valence-electron chi connectivity index (χ4n) is 5.86. The van der Waals surface area contributed by atoms with Crippen LogP contribution in [-0.2, 0) is 9.47 Å². The van der Waals surface area contributed by atoms with E-state index in [0.29, 0.717) is 26.0 Å². The fourth-order valence-corrected chi connectivity index (χ4v) is 7.02. The van der Waals surface area contributed by atoms with E-state index in [1.54, 1.807) is 25.7 Å². The number of ether oxygens (including phenoxy) is 2. The number of carbonyl (C=O) groups is 2. The molecule has 2 amide bonds. The molecule has 2 aliphatic rings. The van der Waals surface area contributed by atoms with Crippen molar-refractivity contribution in [3.8, 4) is 21.6 Å². The third-order valence-electron chi connectivity index (χ3n) is 8.09. The van der Waals surface area contributed by atoms with Crippen LogP contribution in [0.4, 0.5) is 22.4 Å². The van der Waals surface area contributed by atoms with Crippen molar-refractivity contribution in [1.82, 2.24) is 25.2 Å². The maximum Gasteiger partial charge on any atom is 0.407 e. The zero-order valence-corrected chi connectivity index (χ0v) is 26.7. The summed E-state index contributed by atoms with van der Waals surface area (Å²) in [7, 11) is 0. The minimum absolute atomic E-state index is 0.0127. The summed E-state index contributed by atoms with van der Waals surface area (Å²) in [5.74, 6) is -5.22. The topological polar surface area (TPSA) is 119 Å². The highest BCUT2D eigenvalue weighted by atomic mass is 32.1. The predicted molar refractivity (Wildman–Crippen MR) is 165 cm³/mol. The largest absolute Gasteiger partial charge is 0.444 e. The zero-order chi connectivity index (χ0) is 33.6. The lowest BCUT2D eigenvalue weighted by Gasteiger charge is -2.33. The van der Waals surface area contributed by atoms with Crippen LogP contribution in [0.5, 0.6) is 0 Å². The third-order valence-corrected chi connectivity index (χ3v) is 9.25. The van der Waals surface area contributed by atoms with Gasteiger partial charge < -0.3 is 24.8 Å². The Labute approximate surface area is 271 Å². The Morgan fingerprint density at radius 3 is 2.57 bits per heavy atom. The van der Waals surface area contributed by atoms with Gasteiger partial charge in [-0.15, -0.1) is 16.4 Å². The Kier molecular flexibility index (Phi) is 8.98. The number of thiophene rings is 1. The molecule has 6 rings (SSSR count). The Morgan fingerprint density at radius 2 is 1.85 bits per heavy atom. The van der Waals surface area contributed by atoms with Crippen LogP contribution in [0.1, 0.15) is 55.7 Å². The second-order valence-electron chi connectivity index (χ2n) is 12.7. The van der Waals surface area contributed by atoms with Crippen molar-refractivity contribution in [2.75, 3.05) is 26.3 Å². The van der Waals surface area contributed by atoms with Crippen LogP contribution in [-0.4, -0.2) is 81.1 Å². The summed E-state index contributed by atoms with van der Waals surface area (Å²) >= 11 is 0.868. The molecule has 3 atom stereocenters. The normalized spacial score (nSPS) is 20.4. The Hall–Kier alpha value is -4.08. The minimum Gasteiger partial charge on any atom is -0.444 e. The van der Waals surface area contributed by atoms with Gasteiger partial charge in [0.1, 0.15) is 22.7 Å². The van der Waals surface area contributed by atoms with Crippen LogP contribution in [0, 0.1) is 23.3 Å². The Morgan fingerprint density at radius 1 is 1.06 bits per heavy atom. The molecule has 0 radical (unpaired) electrons. The lowest BCUT2D eigenvalue weighted by atomic mass is 10.0. The minimum atomic E-state index is -1.27. The van der Waals surface area contributed by atoms with Gasteiger partial charge in [0, 0.05) is 41.7 Å². The molecule has 250 valence electrons. The number of likely N-dealkylation sites (tertiary alicyclic amines) is 1. The van der Waals surface area contributed by atoms with Crippen molar-refractivity contribution in [2.45, 2.75) is 63.8 Å². The zero-order valence-electron chi connectivity index (χ0n) is 25.9. The highest BCUT2D eigenvalue weighted by Gasteiger charge is 2.33. The number of nitrogens with one attached hydrogen (secondary N) is 1. The van der Waals surface area contributed by atoms with Crippen LogP contribution in [0.25, 0.3) is 32.6 Å². The van der Waals surface area contributed by atoms with Gasteiger partial charge in [0.25, 0.3) is 5.91 Å². The lowest BCUT2D eigenvalue weighted by Crippen LogP contribution is -2.50. The van der Waals surface area contributed by atoms with Crippen molar-refractivity contribution in [3.05, 3.63) is 58.5 Å². The van der Waals surface area contributed by atoms with Gasteiger partial charge in [-0.2, -0.15) is 0 Å². The number of amides is 2. The molecule has 4 aromatic rings. The summed E-state index contributed by atoms with van der Waals surface area (Å²) in [4.78, 5) is 27.9. The van der Waals surface area contributed by atoms with E-state index >= 15 is 8.78 Å². The van der Waals surface area contributed by atoms with Gasteiger partial charge in [-0.25, -0.2) is 27.0 Å². The van der Waals surface area contributed by atoms with Gasteiger partial charge >= 0.3 is 6.09 Å². The number of benzene rings is 2. The van der Waals surface area contributed by atoms with E-state index in [1.807, 2.05) is 0 Å². The first kappa shape index (κ1) is 32.8. The number of carbonyl (C=O) groups excluding carboxylic acids is 2. The molecular formula is C32H33F4N5O5S. The second-order valence-corrected chi connectivity index (χ2v) is 13.7. The SMILES string of the molecule is CC(C)(C)OC(=O)N[C@@H]1CCCN(C(=O)c2cc(-c3ccc(F)c(F)c3)c(-c3cc4nnn([C@H]5COCC[C@@H]5O)c4c(F)c3F)s2)C1. The van der Waals surface area contributed by atoms with Gasteiger partial charge in [0.05, 0.1) is 17.6 Å². The first-order valence-electron chi connectivity index (χ1n) is 15.2. The fraction of sp³-hybridized carbons (Fsp3) is 0.438. The first-order chi connectivity index (χ1) is 22.3. The molecule has 2 aromatic heterocycles.